The van der Waals surface area contributed by atoms with E-state index < -0.39 is 0 Å². The lowest BCUT2D eigenvalue weighted by Crippen LogP contribution is -2.48. The second-order valence-electron chi connectivity index (χ2n) is 8.71. The van der Waals surface area contributed by atoms with Gasteiger partial charge in [-0.15, -0.1) is 5.10 Å². The quantitative estimate of drug-likeness (QED) is 0.405. The van der Waals surface area contributed by atoms with Gasteiger partial charge in [-0.05, 0) is 0 Å². The summed E-state index contributed by atoms with van der Waals surface area (Å²) in [7, 11) is 1.86. The number of aliphatic hydroxyl groups excluding tert-OH is 1. The molecule has 0 radical (unpaired) electrons. The molecule has 2 fully saturated rings. The van der Waals surface area contributed by atoms with Crippen molar-refractivity contribution in [2.24, 2.45) is 13.0 Å². The molecule has 2 aliphatic rings. The average Bonchev–Trinajstić information content (AvgIpc) is 3.45. The molecule has 0 spiro atoms. The van der Waals surface area contributed by atoms with Crippen LogP contribution in [0.5, 0.6) is 0 Å². The number of morpholine rings is 1. The third kappa shape index (κ3) is 3.92. The van der Waals surface area contributed by atoms with E-state index in [0.29, 0.717) is 48.6 Å². The number of aliphatic hydroxyl groups is 1. The van der Waals surface area contributed by atoms with E-state index in [1.165, 1.54) is 0 Å². The largest absolute Gasteiger partial charge is 0.396 e. The van der Waals surface area contributed by atoms with Crippen molar-refractivity contribution in [3.8, 4) is 11.3 Å². The van der Waals surface area contributed by atoms with Crippen LogP contribution >= 0.6 is 0 Å². The Labute approximate surface area is 195 Å². The van der Waals surface area contributed by atoms with Gasteiger partial charge >= 0.3 is 0 Å². The molecule has 0 amide bonds. The van der Waals surface area contributed by atoms with E-state index in [9.17, 15) is 5.11 Å². The minimum absolute atomic E-state index is 0.109. The molecular formula is C21H25N11O2. The summed E-state index contributed by atoms with van der Waals surface area (Å²) in [4.78, 5) is 22.6. The Hall–Kier alpha value is -3.71. The van der Waals surface area contributed by atoms with E-state index in [1.807, 2.05) is 25.6 Å². The van der Waals surface area contributed by atoms with Crippen LogP contribution in [0.4, 0.5) is 11.6 Å². The number of nitrogens with zero attached hydrogens (tertiary/aromatic N) is 11. The van der Waals surface area contributed by atoms with Gasteiger partial charge in [-0.25, -0.2) is 24.6 Å². The van der Waals surface area contributed by atoms with Gasteiger partial charge in [-0.1, -0.05) is 5.21 Å². The topological polar surface area (TPSA) is 136 Å². The van der Waals surface area contributed by atoms with Crippen molar-refractivity contribution in [1.29, 1.82) is 0 Å². The lowest BCUT2D eigenvalue weighted by atomic mass is 10.0. The molecule has 2 saturated heterocycles. The second-order valence-corrected chi connectivity index (χ2v) is 8.71. The fourth-order valence-electron chi connectivity index (χ4n) is 4.32. The summed E-state index contributed by atoms with van der Waals surface area (Å²) in [5, 5.41) is 21.8. The SMILES string of the molecule is Cn1cc(-c2cnc3c(nnn3C[C@@H]3CN(c4ncc(N5CC(CO)C5)cn4)CCO3)n2)cn1. The van der Waals surface area contributed by atoms with Gasteiger partial charge in [0.2, 0.25) is 11.6 Å². The molecule has 13 heteroatoms. The van der Waals surface area contributed by atoms with Gasteiger partial charge in [0.05, 0.1) is 55.4 Å². The van der Waals surface area contributed by atoms with Crippen molar-refractivity contribution in [3.05, 3.63) is 31.0 Å². The minimum atomic E-state index is -0.109. The van der Waals surface area contributed by atoms with E-state index in [4.69, 9.17) is 4.74 Å². The molecule has 0 aromatic carbocycles. The van der Waals surface area contributed by atoms with Gasteiger partial charge in [0.25, 0.3) is 0 Å². The summed E-state index contributed by atoms with van der Waals surface area (Å²) in [6.07, 6.45) is 8.93. The summed E-state index contributed by atoms with van der Waals surface area (Å²) in [5.41, 5.74) is 3.67. The van der Waals surface area contributed by atoms with Crippen LogP contribution in [-0.4, -0.2) is 95.3 Å². The van der Waals surface area contributed by atoms with Crippen LogP contribution in [-0.2, 0) is 18.3 Å². The first kappa shape index (κ1) is 20.9. The summed E-state index contributed by atoms with van der Waals surface area (Å²) < 4.78 is 9.44. The zero-order valence-electron chi connectivity index (χ0n) is 18.8. The Morgan fingerprint density at radius 2 is 1.91 bits per heavy atom. The third-order valence-electron chi connectivity index (χ3n) is 6.23. The number of aryl methyl sites for hydroxylation is 1. The predicted molar refractivity (Wildman–Crippen MR) is 122 cm³/mol. The smallest absolute Gasteiger partial charge is 0.225 e. The first-order valence-corrected chi connectivity index (χ1v) is 11.3. The maximum Gasteiger partial charge on any atom is 0.225 e. The highest BCUT2D eigenvalue weighted by Crippen LogP contribution is 2.24. The summed E-state index contributed by atoms with van der Waals surface area (Å²) in [5.74, 6) is 1.03. The molecule has 4 aromatic rings. The van der Waals surface area contributed by atoms with E-state index in [2.05, 4.69) is 45.1 Å². The molecule has 34 heavy (non-hydrogen) atoms. The van der Waals surface area contributed by atoms with Gasteiger partial charge in [0.1, 0.15) is 0 Å². The maximum atomic E-state index is 9.20. The zero-order valence-corrected chi connectivity index (χ0v) is 18.8. The normalized spacial score (nSPS) is 19.1. The van der Waals surface area contributed by atoms with Gasteiger partial charge in [-0.2, -0.15) is 5.10 Å². The number of ether oxygens (including phenoxy) is 1. The molecule has 176 valence electrons. The van der Waals surface area contributed by atoms with E-state index in [1.54, 1.807) is 21.8 Å². The first-order chi connectivity index (χ1) is 16.7. The number of fused-ring (bicyclic) bond motifs is 1. The lowest BCUT2D eigenvalue weighted by molar-refractivity contribution is 0.0273. The predicted octanol–water partition coefficient (Wildman–Crippen LogP) is -0.254. The van der Waals surface area contributed by atoms with Gasteiger partial charge < -0.3 is 19.6 Å². The maximum absolute atomic E-state index is 9.20. The summed E-state index contributed by atoms with van der Waals surface area (Å²) in [6.45, 7) is 4.35. The van der Waals surface area contributed by atoms with Crippen LogP contribution in [0.15, 0.2) is 31.0 Å². The van der Waals surface area contributed by atoms with Gasteiger partial charge in [0.15, 0.2) is 5.65 Å². The Kier molecular flexibility index (Phi) is 5.26. The Bertz CT molecular complexity index is 1280. The fourth-order valence-corrected chi connectivity index (χ4v) is 4.32. The molecule has 0 saturated carbocycles. The molecule has 4 aromatic heterocycles. The van der Waals surface area contributed by atoms with E-state index >= 15 is 0 Å². The first-order valence-electron chi connectivity index (χ1n) is 11.3. The highest BCUT2D eigenvalue weighted by molar-refractivity contribution is 5.69. The molecule has 2 aliphatic heterocycles. The van der Waals surface area contributed by atoms with Crippen LogP contribution in [0.3, 0.4) is 0 Å². The second kappa shape index (κ2) is 8.57. The summed E-state index contributed by atoms with van der Waals surface area (Å²) in [6, 6.07) is 0. The number of anilines is 2. The number of hydrogen-bond acceptors (Lipinski definition) is 11. The van der Waals surface area contributed by atoms with Gasteiger partial charge in [-0.3, -0.25) is 4.68 Å². The van der Waals surface area contributed by atoms with Crippen molar-refractivity contribution in [2.45, 2.75) is 12.6 Å². The van der Waals surface area contributed by atoms with Crippen LogP contribution in [0, 0.1) is 5.92 Å². The molecule has 0 unspecified atom stereocenters. The van der Waals surface area contributed by atoms with Crippen LogP contribution in [0.25, 0.3) is 22.6 Å². The summed E-state index contributed by atoms with van der Waals surface area (Å²) >= 11 is 0. The van der Waals surface area contributed by atoms with Crippen molar-refractivity contribution in [3.63, 3.8) is 0 Å². The standard InChI is InChI=1S/C21H25N11O2/c1-29-10-15(4-25-29)18-7-22-20-19(26-18)27-28-32(20)12-17-11-30(2-3-34-17)21-23-5-16(6-24-21)31-8-14(9-31)13-33/h4-7,10,14,17,33H,2-3,8-9,11-13H2,1H3/t17-/m0/s1. The molecule has 1 N–H and O–H groups in total. The van der Waals surface area contributed by atoms with Crippen molar-refractivity contribution >= 4 is 22.9 Å². The fraction of sp³-hybridized carbons (Fsp3) is 0.476. The Balaban J connectivity index is 1.12. The highest BCUT2D eigenvalue weighted by Gasteiger charge is 2.28. The van der Waals surface area contributed by atoms with E-state index in [-0.39, 0.29) is 12.7 Å². The van der Waals surface area contributed by atoms with E-state index in [0.717, 1.165) is 30.9 Å². The Morgan fingerprint density at radius 1 is 1.06 bits per heavy atom. The molecule has 0 bridgehead atoms. The molecule has 0 aliphatic carbocycles. The highest BCUT2D eigenvalue weighted by atomic mass is 16.5. The molecule has 13 nitrogen and oxygen atoms in total. The van der Waals surface area contributed by atoms with Crippen molar-refractivity contribution < 1.29 is 9.84 Å². The lowest BCUT2D eigenvalue weighted by Gasteiger charge is -2.39. The van der Waals surface area contributed by atoms with Crippen LogP contribution in [0.1, 0.15) is 0 Å². The number of hydrogen-bond donors (Lipinski definition) is 1. The average molecular weight is 464 g/mol. The van der Waals surface area contributed by atoms with Crippen LogP contribution in [0.2, 0.25) is 0 Å². The molecule has 6 heterocycles. The van der Waals surface area contributed by atoms with Crippen LogP contribution < -0.4 is 9.80 Å². The minimum Gasteiger partial charge on any atom is -0.396 e. The van der Waals surface area contributed by atoms with Crippen molar-refractivity contribution in [2.75, 3.05) is 49.2 Å². The molecular weight excluding hydrogens is 438 g/mol. The van der Waals surface area contributed by atoms with Crippen molar-refractivity contribution in [1.82, 2.24) is 44.7 Å². The zero-order chi connectivity index (χ0) is 23.1. The number of rotatable bonds is 6. The number of aromatic nitrogens is 9. The molecule has 1 atom stereocenters. The Morgan fingerprint density at radius 3 is 2.68 bits per heavy atom. The third-order valence-corrected chi connectivity index (χ3v) is 6.23. The van der Waals surface area contributed by atoms with Gasteiger partial charge in [0, 0.05) is 57.5 Å². The monoisotopic (exact) mass is 463 g/mol. The molecule has 6 rings (SSSR count).